The van der Waals surface area contributed by atoms with Gasteiger partial charge < -0.3 is 15.6 Å². The third-order valence-electron chi connectivity index (χ3n) is 3.01. The van der Waals surface area contributed by atoms with Crippen molar-refractivity contribution in [1.82, 2.24) is 14.9 Å². The monoisotopic (exact) mass is 254 g/mol. The quantitative estimate of drug-likeness (QED) is 0.573. The molecular formula is C12H22N4S. The van der Waals surface area contributed by atoms with Gasteiger partial charge in [0.25, 0.3) is 0 Å². The first-order chi connectivity index (χ1) is 8.15. The van der Waals surface area contributed by atoms with Crippen molar-refractivity contribution in [2.45, 2.75) is 39.3 Å². The van der Waals surface area contributed by atoms with E-state index in [0.717, 1.165) is 30.9 Å². The van der Waals surface area contributed by atoms with Crippen molar-refractivity contribution in [3.05, 3.63) is 18.7 Å². The lowest BCUT2D eigenvalue weighted by Crippen LogP contribution is -2.43. The Bertz CT molecular complexity index is 323. The fourth-order valence-electron chi connectivity index (χ4n) is 1.52. The van der Waals surface area contributed by atoms with Crippen LogP contribution in [0.25, 0.3) is 0 Å². The third kappa shape index (κ3) is 4.83. The van der Waals surface area contributed by atoms with Gasteiger partial charge in [-0.3, -0.25) is 0 Å². The topological polar surface area (TPSA) is 55.9 Å². The fourth-order valence-corrected chi connectivity index (χ4v) is 1.86. The van der Waals surface area contributed by atoms with Gasteiger partial charge in [-0.05, 0) is 12.3 Å². The molecule has 0 saturated carbocycles. The molecule has 1 heterocycles. The van der Waals surface area contributed by atoms with E-state index in [1.54, 1.807) is 6.20 Å². The van der Waals surface area contributed by atoms with Crippen molar-refractivity contribution in [1.29, 1.82) is 0 Å². The zero-order valence-corrected chi connectivity index (χ0v) is 11.4. The number of hydrogen-bond donors (Lipinski definition) is 2. The second kappa shape index (κ2) is 7.40. The number of imidazole rings is 1. The van der Waals surface area contributed by atoms with E-state index in [1.807, 2.05) is 12.5 Å². The molecule has 17 heavy (non-hydrogen) atoms. The number of nitrogens with zero attached hydrogens (tertiary/aromatic N) is 2. The first-order valence-corrected chi connectivity index (χ1v) is 6.55. The van der Waals surface area contributed by atoms with Crippen LogP contribution in [0, 0.1) is 5.92 Å². The van der Waals surface area contributed by atoms with Gasteiger partial charge in [-0.1, -0.05) is 32.5 Å². The second-order valence-electron chi connectivity index (χ2n) is 4.36. The molecule has 96 valence electrons. The molecule has 0 aromatic carbocycles. The summed E-state index contributed by atoms with van der Waals surface area (Å²) in [6, 6.07) is -0.0248. The fraction of sp³-hybridized carbons (Fsp3) is 0.667. The van der Waals surface area contributed by atoms with Gasteiger partial charge in [0.15, 0.2) is 0 Å². The Kier molecular flexibility index (Phi) is 6.15. The molecule has 2 atom stereocenters. The van der Waals surface area contributed by atoms with Gasteiger partial charge in [-0.15, -0.1) is 0 Å². The van der Waals surface area contributed by atoms with Crippen LogP contribution in [0.4, 0.5) is 0 Å². The van der Waals surface area contributed by atoms with Gasteiger partial charge >= 0.3 is 0 Å². The van der Waals surface area contributed by atoms with Crippen LogP contribution in [0.3, 0.4) is 0 Å². The first kappa shape index (κ1) is 14.1. The molecule has 0 spiro atoms. The molecule has 1 unspecified atom stereocenters. The Morgan fingerprint density at radius 3 is 2.94 bits per heavy atom. The maximum absolute atomic E-state index is 6.03. The molecule has 0 aliphatic rings. The van der Waals surface area contributed by atoms with Crippen molar-refractivity contribution in [3.8, 4) is 0 Å². The Balaban J connectivity index is 2.16. The molecule has 3 N–H and O–H groups in total. The van der Waals surface area contributed by atoms with Crippen LogP contribution in [-0.2, 0) is 6.54 Å². The third-order valence-corrected chi connectivity index (χ3v) is 3.43. The lowest BCUT2D eigenvalue weighted by molar-refractivity contribution is 0.515. The summed E-state index contributed by atoms with van der Waals surface area (Å²) >= 11 is 5.28. The molecule has 0 bridgehead atoms. The van der Waals surface area contributed by atoms with Crippen LogP contribution < -0.4 is 11.1 Å². The Morgan fingerprint density at radius 1 is 1.59 bits per heavy atom. The van der Waals surface area contributed by atoms with Gasteiger partial charge in [0.1, 0.15) is 0 Å². The summed E-state index contributed by atoms with van der Waals surface area (Å²) in [5, 5.41) is 3.23. The van der Waals surface area contributed by atoms with Gasteiger partial charge in [0.05, 0.1) is 17.4 Å². The van der Waals surface area contributed by atoms with E-state index in [2.05, 4.69) is 28.7 Å². The molecule has 0 radical (unpaired) electrons. The number of aromatic nitrogens is 2. The number of nitrogens with two attached hydrogens (primary N) is 1. The standard InChI is InChI=1S/C12H22N4S/c1-3-10(2)11(13)12(17)15-5-4-7-16-8-6-14-9-16/h6,8-11H,3-5,7,13H2,1-2H3,(H,15,17)/t10?,11-/m1/s1. The maximum Gasteiger partial charge on any atom is 0.0945 e. The predicted octanol–water partition coefficient (Wildman–Crippen LogP) is 1.56. The van der Waals surface area contributed by atoms with E-state index in [9.17, 15) is 0 Å². The van der Waals surface area contributed by atoms with Crippen LogP contribution in [0.1, 0.15) is 26.7 Å². The molecule has 0 fully saturated rings. The van der Waals surface area contributed by atoms with E-state index in [1.165, 1.54) is 0 Å². The van der Waals surface area contributed by atoms with Crippen LogP contribution in [0.15, 0.2) is 18.7 Å². The molecular weight excluding hydrogens is 232 g/mol. The van der Waals surface area contributed by atoms with Crippen LogP contribution >= 0.6 is 12.2 Å². The van der Waals surface area contributed by atoms with Gasteiger partial charge in [0, 0.05) is 25.5 Å². The number of aryl methyl sites for hydroxylation is 1. The maximum atomic E-state index is 6.03. The van der Waals surface area contributed by atoms with Crippen molar-refractivity contribution in [3.63, 3.8) is 0 Å². The summed E-state index contributed by atoms with van der Waals surface area (Å²) in [7, 11) is 0. The number of hydrogen-bond acceptors (Lipinski definition) is 3. The van der Waals surface area contributed by atoms with Crippen LogP contribution in [0.2, 0.25) is 0 Å². The Labute approximate surface area is 109 Å². The average Bonchev–Trinajstić information content (AvgIpc) is 2.85. The van der Waals surface area contributed by atoms with Crippen molar-refractivity contribution < 1.29 is 0 Å². The SMILES string of the molecule is CCC(C)[C@@H](N)C(=S)NCCCn1ccnc1. The Hall–Kier alpha value is -0.940. The highest BCUT2D eigenvalue weighted by atomic mass is 32.1. The number of nitrogens with one attached hydrogen (secondary N) is 1. The zero-order valence-electron chi connectivity index (χ0n) is 10.6. The van der Waals surface area contributed by atoms with E-state index in [0.29, 0.717) is 5.92 Å². The molecule has 0 amide bonds. The normalized spacial score (nSPS) is 14.3. The molecule has 4 nitrogen and oxygen atoms in total. The molecule has 1 rings (SSSR count). The number of rotatable bonds is 7. The molecule has 0 saturated heterocycles. The van der Waals surface area contributed by atoms with E-state index in [-0.39, 0.29) is 6.04 Å². The summed E-state index contributed by atoms with van der Waals surface area (Å²) in [5.74, 6) is 0.434. The van der Waals surface area contributed by atoms with Gasteiger partial charge in [-0.2, -0.15) is 0 Å². The first-order valence-electron chi connectivity index (χ1n) is 6.14. The predicted molar refractivity (Wildman–Crippen MR) is 74.9 cm³/mol. The second-order valence-corrected chi connectivity index (χ2v) is 4.80. The highest BCUT2D eigenvalue weighted by molar-refractivity contribution is 7.80. The molecule has 0 aliphatic carbocycles. The molecule has 1 aromatic rings. The zero-order chi connectivity index (χ0) is 12.7. The summed E-state index contributed by atoms with van der Waals surface area (Å²) < 4.78 is 2.05. The van der Waals surface area contributed by atoms with E-state index < -0.39 is 0 Å². The largest absolute Gasteiger partial charge is 0.378 e. The van der Waals surface area contributed by atoms with Gasteiger partial charge in [-0.25, -0.2) is 4.98 Å². The summed E-state index contributed by atoms with van der Waals surface area (Å²) in [6.07, 6.45) is 7.64. The lowest BCUT2D eigenvalue weighted by Gasteiger charge is -2.20. The van der Waals surface area contributed by atoms with Gasteiger partial charge in [0.2, 0.25) is 0 Å². The van der Waals surface area contributed by atoms with Crippen molar-refractivity contribution in [2.24, 2.45) is 11.7 Å². The van der Waals surface area contributed by atoms with Crippen molar-refractivity contribution >= 4 is 17.2 Å². The Morgan fingerprint density at radius 2 is 2.35 bits per heavy atom. The van der Waals surface area contributed by atoms with E-state index in [4.69, 9.17) is 18.0 Å². The molecule has 1 aromatic heterocycles. The smallest absolute Gasteiger partial charge is 0.0945 e. The lowest BCUT2D eigenvalue weighted by atomic mass is 10.00. The highest BCUT2D eigenvalue weighted by Crippen LogP contribution is 2.06. The molecule has 0 aliphatic heterocycles. The number of thiocarbonyl (C=S) groups is 1. The summed E-state index contributed by atoms with van der Waals surface area (Å²) in [5.41, 5.74) is 6.03. The summed E-state index contributed by atoms with van der Waals surface area (Å²) in [4.78, 5) is 4.78. The van der Waals surface area contributed by atoms with Crippen molar-refractivity contribution in [2.75, 3.05) is 6.54 Å². The summed E-state index contributed by atoms with van der Waals surface area (Å²) in [6.45, 7) is 6.08. The average molecular weight is 254 g/mol. The minimum atomic E-state index is -0.0248. The minimum Gasteiger partial charge on any atom is -0.378 e. The minimum absolute atomic E-state index is 0.0248. The van der Waals surface area contributed by atoms with Crippen LogP contribution in [-0.4, -0.2) is 27.1 Å². The van der Waals surface area contributed by atoms with Crippen LogP contribution in [0.5, 0.6) is 0 Å². The molecule has 5 heteroatoms. The highest BCUT2D eigenvalue weighted by Gasteiger charge is 2.14. The van der Waals surface area contributed by atoms with E-state index >= 15 is 0 Å².